The lowest BCUT2D eigenvalue weighted by molar-refractivity contribution is -0.138. The summed E-state index contributed by atoms with van der Waals surface area (Å²) >= 11 is 0. The molecule has 2 aliphatic heterocycles. The van der Waals surface area contributed by atoms with Crippen LogP contribution < -0.4 is 19.5 Å². The van der Waals surface area contributed by atoms with Gasteiger partial charge in [-0.25, -0.2) is 9.67 Å². The number of hydrogen-bond acceptors (Lipinski definition) is 7. The van der Waals surface area contributed by atoms with E-state index in [9.17, 15) is 23.1 Å². The standard InChI is InChI=1S/C31H29F3N4O5/c32-31(33,34)22-5-8-25(9-6-22)38-28(41-13-11-23-7-3-19-2-1-12-35-30(19)36-23)17-24(37-38)14-21(16-29(39)40)20-4-10-26-27(15-20)43-18-42-26/h3-10,15,17,21H,1-2,11-14,16,18H2,(H,35,36)(H,39,40)/t21-/m1/s1. The molecule has 0 saturated carbocycles. The topological polar surface area (TPSA) is 108 Å². The van der Waals surface area contributed by atoms with Crippen molar-refractivity contribution < 1.29 is 37.3 Å². The zero-order valence-corrected chi connectivity index (χ0v) is 23.1. The Hall–Kier alpha value is -4.74. The maximum absolute atomic E-state index is 13.2. The van der Waals surface area contributed by atoms with Gasteiger partial charge >= 0.3 is 12.1 Å². The van der Waals surface area contributed by atoms with E-state index >= 15 is 0 Å². The van der Waals surface area contributed by atoms with Gasteiger partial charge in [0.05, 0.1) is 30.0 Å². The molecule has 4 aromatic rings. The van der Waals surface area contributed by atoms with Gasteiger partial charge in [0.2, 0.25) is 12.7 Å². The van der Waals surface area contributed by atoms with Crippen molar-refractivity contribution in [1.82, 2.24) is 14.8 Å². The van der Waals surface area contributed by atoms with Gasteiger partial charge in [-0.3, -0.25) is 4.79 Å². The fourth-order valence-electron chi connectivity index (χ4n) is 5.30. The van der Waals surface area contributed by atoms with Crippen molar-refractivity contribution in [3.8, 4) is 23.1 Å². The molecular weight excluding hydrogens is 565 g/mol. The van der Waals surface area contributed by atoms with Crippen molar-refractivity contribution in [3.63, 3.8) is 0 Å². The van der Waals surface area contributed by atoms with Gasteiger partial charge in [-0.05, 0) is 72.9 Å². The van der Waals surface area contributed by atoms with Crippen LogP contribution in [0.25, 0.3) is 5.69 Å². The summed E-state index contributed by atoms with van der Waals surface area (Å²) in [5, 5.41) is 17.6. The number of nitrogens with one attached hydrogen (secondary N) is 1. The number of fused-ring (bicyclic) bond motifs is 2. The van der Waals surface area contributed by atoms with Gasteiger partial charge in [-0.1, -0.05) is 12.1 Å². The number of pyridine rings is 1. The van der Waals surface area contributed by atoms with Crippen LogP contribution in [0.5, 0.6) is 17.4 Å². The van der Waals surface area contributed by atoms with E-state index in [2.05, 4.69) is 16.5 Å². The SMILES string of the molecule is O=C(O)C[C@@H](Cc1cc(OCCc2ccc3c(n2)NCCC3)n(-c2ccc(C(F)(F)F)cc2)n1)c1ccc2c(c1)OCO2. The second-order valence-electron chi connectivity index (χ2n) is 10.5. The number of aliphatic carboxylic acids is 1. The Morgan fingerprint density at radius 2 is 1.86 bits per heavy atom. The second-order valence-corrected chi connectivity index (χ2v) is 10.5. The molecule has 0 unspecified atom stereocenters. The van der Waals surface area contributed by atoms with Crippen molar-refractivity contribution in [2.24, 2.45) is 0 Å². The highest BCUT2D eigenvalue weighted by Crippen LogP contribution is 2.37. The van der Waals surface area contributed by atoms with Crippen molar-refractivity contribution in [3.05, 3.63) is 88.7 Å². The molecule has 6 rings (SSSR count). The third kappa shape index (κ3) is 6.52. The Morgan fingerprint density at radius 1 is 1.05 bits per heavy atom. The Morgan fingerprint density at radius 3 is 2.65 bits per heavy atom. The molecule has 4 heterocycles. The summed E-state index contributed by atoms with van der Waals surface area (Å²) in [6.07, 6.45) is -1.85. The minimum Gasteiger partial charge on any atom is -0.481 e. The third-order valence-corrected chi connectivity index (χ3v) is 7.47. The zero-order valence-electron chi connectivity index (χ0n) is 23.1. The molecule has 2 aromatic heterocycles. The highest BCUT2D eigenvalue weighted by molar-refractivity contribution is 5.68. The van der Waals surface area contributed by atoms with E-state index in [1.54, 1.807) is 24.3 Å². The van der Waals surface area contributed by atoms with Gasteiger partial charge in [0, 0.05) is 30.6 Å². The van der Waals surface area contributed by atoms with E-state index in [1.165, 1.54) is 22.4 Å². The molecule has 0 radical (unpaired) electrons. The maximum atomic E-state index is 13.2. The van der Waals surface area contributed by atoms with Gasteiger partial charge < -0.3 is 24.6 Å². The number of aryl methyl sites for hydroxylation is 1. The van der Waals surface area contributed by atoms with Gasteiger partial charge in [-0.15, -0.1) is 0 Å². The van der Waals surface area contributed by atoms with Crippen LogP contribution >= 0.6 is 0 Å². The summed E-state index contributed by atoms with van der Waals surface area (Å²) in [6, 6.07) is 15.7. The number of aromatic nitrogens is 3. The lowest BCUT2D eigenvalue weighted by atomic mass is 9.91. The number of halogens is 3. The molecule has 43 heavy (non-hydrogen) atoms. The molecule has 12 heteroatoms. The second kappa shape index (κ2) is 11.9. The lowest BCUT2D eigenvalue weighted by Gasteiger charge is -2.17. The first-order valence-electron chi connectivity index (χ1n) is 14.0. The van der Waals surface area contributed by atoms with E-state index in [4.69, 9.17) is 19.2 Å². The van der Waals surface area contributed by atoms with Crippen LogP contribution in [-0.4, -0.2) is 45.8 Å². The van der Waals surface area contributed by atoms with Crippen molar-refractivity contribution >= 4 is 11.8 Å². The van der Waals surface area contributed by atoms with Crippen molar-refractivity contribution in [1.29, 1.82) is 0 Å². The summed E-state index contributed by atoms with van der Waals surface area (Å²) < 4.78 is 58.0. The summed E-state index contributed by atoms with van der Waals surface area (Å²) in [5.41, 5.74) is 2.89. The highest BCUT2D eigenvalue weighted by atomic mass is 19.4. The van der Waals surface area contributed by atoms with Crippen LogP contribution in [-0.2, 0) is 30.2 Å². The number of carbonyl (C=O) groups is 1. The van der Waals surface area contributed by atoms with Crippen molar-refractivity contribution in [2.75, 3.05) is 25.3 Å². The first-order valence-corrected chi connectivity index (χ1v) is 14.0. The van der Waals surface area contributed by atoms with E-state index in [1.807, 2.05) is 6.07 Å². The fraction of sp³-hybridized carbons (Fsp3) is 0.323. The maximum Gasteiger partial charge on any atom is 0.416 e. The van der Waals surface area contributed by atoms with Crippen LogP contribution in [0.2, 0.25) is 0 Å². The molecule has 0 fully saturated rings. The van der Waals surface area contributed by atoms with Crippen LogP contribution in [0.1, 0.15) is 46.8 Å². The summed E-state index contributed by atoms with van der Waals surface area (Å²) in [7, 11) is 0. The molecule has 0 spiro atoms. The summed E-state index contributed by atoms with van der Waals surface area (Å²) in [5.74, 6) is 0.901. The van der Waals surface area contributed by atoms with Crippen LogP contribution in [0.3, 0.4) is 0 Å². The molecule has 2 aliphatic rings. The smallest absolute Gasteiger partial charge is 0.416 e. The molecule has 224 valence electrons. The number of ether oxygens (including phenoxy) is 3. The number of benzene rings is 2. The number of hydrogen-bond donors (Lipinski definition) is 2. The molecule has 0 amide bonds. The predicted octanol–water partition coefficient (Wildman–Crippen LogP) is 5.80. The Bertz CT molecular complexity index is 1620. The minimum absolute atomic E-state index is 0.0953. The van der Waals surface area contributed by atoms with Crippen molar-refractivity contribution in [2.45, 2.75) is 44.2 Å². The van der Waals surface area contributed by atoms with Gasteiger partial charge in [0.15, 0.2) is 11.5 Å². The van der Waals surface area contributed by atoms with Gasteiger partial charge in [-0.2, -0.15) is 18.3 Å². The molecule has 9 nitrogen and oxygen atoms in total. The molecule has 0 aliphatic carbocycles. The first-order chi connectivity index (χ1) is 20.7. The Balaban J connectivity index is 1.26. The highest BCUT2D eigenvalue weighted by Gasteiger charge is 2.30. The van der Waals surface area contributed by atoms with Crippen LogP contribution in [0.4, 0.5) is 19.0 Å². The molecule has 1 atom stereocenters. The number of carboxylic acids is 1. The minimum atomic E-state index is -4.47. The number of nitrogens with zero attached hydrogens (tertiary/aromatic N) is 3. The van der Waals surface area contributed by atoms with Gasteiger partial charge in [0.25, 0.3) is 0 Å². The van der Waals surface area contributed by atoms with E-state index in [0.29, 0.717) is 35.2 Å². The third-order valence-electron chi connectivity index (χ3n) is 7.47. The summed E-state index contributed by atoms with van der Waals surface area (Å²) in [4.78, 5) is 16.5. The molecular formula is C31H29F3N4O5. The monoisotopic (exact) mass is 594 g/mol. The fourth-order valence-corrected chi connectivity index (χ4v) is 5.30. The molecule has 2 N–H and O–H groups in total. The lowest BCUT2D eigenvalue weighted by Crippen LogP contribution is -2.15. The van der Waals surface area contributed by atoms with E-state index < -0.39 is 23.6 Å². The first kappa shape index (κ1) is 28.4. The van der Waals surface area contributed by atoms with Crippen LogP contribution in [0.15, 0.2) is 60.7 Å². The molecule has 0 bridgehead atoms. The van der Waals surface area contributed by atoms with Crippen LogP contribution in [0, 0.1) is 0 Å². The Labute approximate surface area is 245 Å². The average molecular weight is 595 g/mol. The quantitative estimate of drug-likeness (QED) is 0.238. The largest absolute Gasteiger partial charge is 0.481 e. The summed E-state index contributed by atoms with van der Waals surface area (Å²) in [6.45, 7) is 1.22. The predicted molar refractivity (Wildman–Crippen MR) is 150 cm³/mol. The number of carboxylic acid groups (broad SMARTS) is 1. The Kier molecular flexibility index (Phi) is 7.83. The number of anilines is 1. The number of rotatable bonds is 10. The number of alkyl halides is 3. The molecule has 2 aromatic carbocycles. The van der Waals surface area contributed by atoms with E-state index in [-0.39, 0.29) is 26.2 Å². The zero-order chi connectivity index (χ0) is 30.0. The molecule has 0 saturated heterocycles. The van der Waals surface area contributed by atoms with Gasteiger partial charge in [0.1, 0.15) is 5.82 Å². The average Bonchev–Trinajstić information content (AvgIpc) is 3.63. The normalized spacial score (nSPS) is 14.6. The van der Waals surface area contributed by atoms with E-state index in [0.717, 1.165) is 48.6 Å².